The molecule has 0 unspecified atom stereocenters. The third-order valence-electron chi connectivity index (χ3n) is 8.09. The van der Waals surface area contributed by atoms with Crippen LogP contribution in [-0.4, -0.2) is 53.7 Å². The van der Waals surface area contributed by atoms with E-state index in [4.69, 9.17) is 4.74 Å². The van der Waals surface area contributed by atoms with Crippen molar-refractivity contribution in [3.63, 3.8) is 0 Å². The quantitative estimate of drug-likeness (QED) is 0.744. The molecule has 7 heteroatoms. The van der Waals surface area contributed by atoms with E-state index < -0.39 is 0 Å². The summed E-state index contributed by atoms with van der Waals surface area (Å²) in [5, 5.41) is 3.63. The molecule has 2 amide bonds. The molecule has 1 aliphatic heterocycles. The lowest BCUT2D eigenvalue weighted by atomic mass is 9.68. The summed E-state index contributed by atoms with van der Waals surface area (Å²) < 4.78 is 5.15. The molecule has 2 saturated carbocycles. The molecule has 1 N–H and O–H groups in total. The molecule has 3 fully saturated rings. The number of methoxy groups -OCH3 is 1. The summed E-state index contributed by atoms with van der Waals surface area (Å²) in [6.45, 7) is 1.53. The fourth-order valence-electron chi connectivity index (χ4n) is 5.74. The Hall–Kier alpha value is -2.67. The fourth-order valence-corrected chi connectivity index (χ4v) is 5.74. The van der Waals surface area contributed by atoms with E-state index in [2.05, 4.69) is 57.6 Å². The summed E-state index contributed by atoms with van der Waals surface area (Å²) in [4.78, 5) is 26.4. The molecule has 32 heavy (non-hydrogen) atoms. The zero-order chi connectivity index (χ0) is 22.2. The van der Waals surface area contributed by atoms with Crippen LogP contribution in [0.25, 0.3) is 0 Å². The molecule has 0 atom stereocenters. The van der Waals surface area contributed by atoms with Crippen molar-refractivity contribution >= 4 is 11.8 Å². The van der Waals surface area contributed by atoms with Crippen LogP contribution in [0.15, 0.2) is 42.7 Å². The molecule has 2 aliphatic carbocycles. The predicted molar refractivity (Wildman–Crippen MR) is 124 cm³/mol. The zero-order valence-electron chi connectivity index (χ0n) is 19.1. The molecule has 3 aliphatic rings. The maximum absolute atomic E-state index is 13.6. The SMILES string of the molecule is CN[C@]1(c2ccccc2)CC[C@@]2(CC1)CN(c1cnc(OC)cn1)C(=O)N2CC1CCC1. The van der Waals surface area contributed by atoms with Crippen molar-refractivity contribution in [3.05, 3.63) is 48.3 Å². The molecule has 0 radical (unpaired) electrons. The zero-order valence-corrected chi connectivity index (χ0v) is 19.1. The van der Waals surface area contributed by atoms with Crippen LogP contribution in [0.5, 0.6) is 5.88 Å². The Balaban J connectivity index is 1.42. The van der Waals surface area contributed by atoms with Gasteiger partial charge in [-0.2, -0.15) is 0 Å². The molecule has 7 nitrogen and oxygen atoms in total. The summed E-state index contributed by atoms with van der Waals surface area (Å²) in [5.74, 6) is 1.70. The molecule has 170 valence electrons. The molecule has 1 spiro atoms. The Morgan fingerprint density at radius 3 is 2.41 bits per heavy atom. The van der Waals surface area contributed by atoms with Crippen LogP contribution >= 0.6 is 0 Å². The number of carbonyl (C=O) groups is 1. The lowest BCUT2D eigenvalue weighted by Crippen LogP contribution is -2.56. The van der Waals surface area contributed by atoms with Crippen molar-refractivity contribution in [2.75, 3.05) is 32.1 Å². The Labute approximate surface area is 190 Å². The van der Waals surface area contributed by atoms with E-state index in [1.165, 1.54) is 24.8 Å². The Kier molecular flexibility index (Phi) is 5.53. The number of nitrogens with zero attached hydrogens (tertiary/aromatic N) is 4. The summed E-state index contributed by atoms with van der Waals surface area (Å²) >= 11 is 0. The average Bonchev–Trinajstić information content (AvgIpc) is 3.09. The van der Waals surface area contributed by atoms with Crippen LogP contribution in [0.2, 0.25) is 0 Å². The molecule has 2 aromatic rings. The number of hydrogen-bond acceptors (Lipinski definition) is 5. The number of amides is 2. The third kappa shape index (κ3) is 3.52. The van der Waals surface area contributed by atoms with Crippen LogP contribution < -0.4 is 15.0 Å². The predicted octanol–water partition coefficient (Wildman–Crippen LogP) is 3.96. The van der Waals surface area contributed by atoms with Gasteiger partial charge in [-0.15, -0.1) is 0 Å². The van der Waals surface area contributed by atoms with Gasteiger partial charge in [0.15, 0.2) is 5.82 Å². The number of ether oxygens (including phenoxy) is 1. The van der Waals surface area contributed by atoms with Gasteiger partial charge in [-0.25, -0.2) is 14.8 Å². The maximum Gasteiger partial charge on any atom is 0.326 e. The van der Waals surface area contributed by atoms with Gasteiger partial charge in [0.2, 0.25) is 5.88 Å². The Bertz CT molecular complexity index is 937. The van der Waals surface area contributed by atoms with Gasteiger partial charge < -0.3 is 15.0 Å². The van der Waals surface area contributed by atoms with E-state index in [1.807, 2.05) is 4.90 Å². The first-order valence-corrected chi connectivity index (χ1v) is 11.8. The molecule has 2 heterocycles. The highest BCUT2D eigenvalue weighted by atomic mass is 16.5. The van der Waals surface area contributed by atoms with E-state index in [9.17, 15) is 4.79 Å². The lowest BCUT2D eigenvalue weighted by Gasteiger charge is -2.49. The van der Waals surface area contributed by atoms with Gasteiger partial charge in [-0.05, 0) is 57.1 Å². The van der Waals surface area contributed by atoms with Gasteiger partial charge in [0.05, 0.1) is 31.6 Å². The van der Waals surface area contributed by atoms with Crippen molar-refractivity contribution < 1.29 is 9.53 Å². The van der Waals surface area contributed by atoms with E-state index in [-0.39, 0.29) is 17.1 Å². The smallest absolute Gasteiger partial charge is 0.326 e. The number of hydrogen-bond donors (Lipinski definition) is 1. The fraction of sp³-hybridized carbons (Fsp3) is 0.560. The molecular weight excluding hydrogens is 402 g/mol. The normalized spacial score (nSPS) is 28.2. The van der Waals surface area contributed by atoms with Gasteiger partial charge in [0.1, 0.15) is 0 Å². The van der Waals surface area contributed by atoms with Crippen molar-refractivity contribution in [1.29, 1.82) is 0 Å². The largest absolute Gasteiger partial charge is 0.480 e. The highest BCUT2D eigenvalue weighted by molar-refractivity contribution is 5.94. The number of rotatable bonds is 6. The number of anilines is 1. The minimum absolute atomic E-state index is 0.0367. The van der Waals surface area contributed by atoms with Crippen molar-refractivity contribution in [1.82, 2.24) is 20.2 Å². The molecule has 1 aromatic heterocycles. The first kappa shape index (κ1) is 21.2. The third-order valence-corrected chi connectivity index (χ3v) is 8.09. The lowest BCUT2D eigenvalue weighted by molar-refractivity contribution is 0.0592. The van der Waals surface area contributed by atoms with Gasteiger partial charge in [-0.3, -0.25) is 4.90 Å². The van der Waals surface area contributed by atoms with Crippen LogP contribution in [0.4, 0.5) is 10.6 Å². The van der Waals surface area contributed by atoms with E-state index >= 15 is 0 Å². The summed E-state index contributed by atoms with van der Waals surface area (Å²) in [5.41, 5.74) is 1.15. The second-order valence-corrected chi connectivity index (χ2v) is 9.62. The number of aromatic nitrogens is 2. The highest BCUT2D eigenvalue weighted by Gasteiger charge is 2.54. The van der Waals surface area contributed by atoms with Crippen LogP contribution in [0.3, 0.4) is 0 Å². The Morgan fingerprint density at radius 1 is 1.09 bits per heavy atom. The van der Waals surface area contributed by atoms with Crippen LogP contribution in [-0.2, 0) is 5.54 Å². The standard InChI is InChI=1S/C25H33N5O2/c1-26-25(20-9-4-3-5-10-20)13-11-24(12-14-25)18-29(21-15-28-22(32-2)16-27-21)23(31)30(24)17-19-7-6-8-19/h3-5,9-10,15-16,19,26H,6-8,11-14,17-18H2,1-2H3/t24-,25-. The number of urea groups is 1. The van der Waals surface area contributed by atoms with Crippen LogP contribution in [0.1, 0.15) is 50.5 Å². The topological polar surface area (TPSA) is 70.6 Å². The van der Waals surface area contributed by atoms with Crippen molar-refractivity contribution in [3.8, 4) is 5.88 Å². The highest BCUT2D eigenvalue weighted by Crippen LogP contribution is 2.48. The number of benzene rings is 1. The van der Waals surface area contributed by atoms with Gasteiger partial charge in [0.25, 0.3) is 0 Å². The second-order valence-electron chi connectivity index (χ2n) is 9.62. The number of nitrogens with one attached hydrogen (secondary N) is 1. The molecule has 0 bridgehead atoms. The average molecular weight is 436 g/mol. The van der Waals surface area contributed by atoms with Gasteiger partial charge in [-0.1, -0.05) is 36.8 Å². The van der Waals surface area contributed by atoms with Gasteiger partial charge >= 0.3 is 6.03 Å². The second kappa shape index (κ2) is 8.35. The molecule has 5 rings (SSSR count). The van der Waals surface area contributed by atoms with Crippen LogP contribution in [0, 0.1) is 5.92 Å². The Morgan fingerprint density at radius 2 is 1.84 bits per heavy atom. The molecule has 1 saturated heterocycles. The van der Waals surface area contributed by atoms with E-state index in [0.29, 0.717) is 24.2 Å². The van der Waals surface area contributed by atoms with E-state index in [1.54, 1.807) is 19.5 Å². The van der Waals surface area contributed by atoms with Crippen molar-refractivity contribution in [2.24, 2.45) is 5.92 Å². The maximum atomic E-state index is 13.6. The number of carbonyl (C=O) groups excluding carboxylic acids is 1. The molecular formula is C25H33N5O2. The minimum atomic E-state index is -0.149. The monoisotopic (exact) mass is 435 g/mol. The van der Waals surface area contributed by atoms with Crippen molar-refractivity contribution in [2.45, 2.75) is 56.0 Å². The first-order chi connectivity index (χ1) is 15.6. The minimum Gasteiger partial charge on any atom is -0.480 e. The molecule has 1 aromatic carbocycles. The summed E-state index contributed by atoms with van der Waals surface area (Å²) in [7, 11) is 3.64. The first-order valence-electron chi connectivity index (χ1n) is 11.8. The summed E-state index contributed by atoms with van der Waals surface area (Å²) in [6.07, 6.45) is 10.9. The van der Waals surface area contributed by atoms with E-state index in [0.717, 1.165) is 32.2 Å². The van der Waals surface area contributed by atoms with Gasteiger partial charge in [0, 0.05) is 12.1 Å². The summed E-state index contributed by atoms with van der Waals surface area (Å²) in [6, 6.07) is 10.8.